The van der Waals surface area contributed by atoms with E-state index in [1.165, 1.54) is 0 Å². The monoisotopic (exact) mass is 1200 g/mol. The molecular weight excluding hydrogens is 1210 g/mol. The van der Waals surface area contributed by atoms with Crippen LogP contribution in [0.2, 0.25) is 0 Å². The fourth-order valence-electron chi connectivity index (χ4n) is 0. The zero-order valence-electron chi connectivity index (χ0n) is 20.0. The zero-order valence-corrected chi connectivity index (χ0v) is 35.3. The number of rotatable bonds is 0. The molecule has 0 amide bonds. The third-order valence-electron chi connectivity index (χ3n) is 0. The second-order valence-electron chi connectivity index (χ2n) is 3.40. The summed E-state index contributed by atoms with van der Waals surface area (Å²) in [6, 6.07) is 0. The summed E-state index contributed by atoms with van der Waals surface area (Å²) in [6.45, 7) is 0. The van der Waals surface area contributed by atoms with Crippen molar-refractivity contribution >= 4 is 0 Å². The summed E-state index contributed by atoms with van der Waals surface area (Å²) in [4.78, 5) is 0. The van der Waals surface area contributed by atoms with Crippen molar-refractivity contribution in [1.82, 2.24) is 0 Å². The van der Waals surface area contributed by atoms with Gasteiger partial charge in [0.2, 0.25) is 0 Å². The number of hydrogen-bond donors (Lipinski definition) is 0. The van der Waals surface area contributed by atoms with Crippen molar-refractivity contribution < 1.29 is 359 Å². The van der Waals surface area contributed by atoms with Gasteiger partial charge < -0.3 is 0 Å². The topological polar surface area (TPSA) is 830 Å². The Morgan fingerprint density at radius 1 is 0.146 bits per heavy atom. The van der Waals surface area contributed by atoms with Crippen molar-refractivity contribution in [1.29, 1.82) is 0 Å². The van der Waals surface area contributed by atoms with Crippen molar-refractivity contribution in [3.63, 3.8) is 0 Å². The molecule has 0 N–H and O–H groups in total. The summed E-state index contributed by atoms with van der Waals surface area (Å²) in [5.41, 5.74) is 0. The van der Waals surface area contributed by atoms with Gasteiger partial charge in [-0.2, -0.15) is 0 Å². The van der Waals surface area contributed by atoms with Gasteiger partial charge >= 0.3 is 98.7 Å². The number of halogens is 9. The Bertz CT molecular complexity index is 364. The van der Waals surface area contributed by atoms with E-state index in [0.717, 1.165) is 0 Å². The summed E-state index contributed by atoms with van der Waals surface area (Å²) in [5, 5.41) is 0. The maximum atomic E-state index is 8.49. The van der Waals surface area contributed by atoms with Crippen LogP contribution in [0.5, 0.6) is 0 Å². The average Bonchev–Trinajstić information content (AvgIpc) is 2.26. The molecule has 0 radical (unpaired) electrons. The first-order valence-corrected chi connectivity index (χ1v) is 16.7. The minimum Gasteiger partial charge on any atom is -0.222 e. The summed E-state index contributed by atoms with van der Waals surface area (Å²) < 4.78 is 306. The largest absolute Gasteiger partial charge is 4.00 e. The molecule has 36 nitrogen and oxygen atoms in total. The fourth-order valence-corrected chi connectivity index (χ4v) is 0. The first-order valence-electron chi connectivity index (χ1n) is 5.55. The van der Waals surface area contributed by atoms with Crippen LogP contribution in [0.1, 0.15) is 0 Å². The van der Waals surface area contributed by atoms with Crippen molar-refractivity contribution in [2.45, 2.75) is 0 Å². The van der Waals surface area contributed by atoms with Crippen LogP contribution in [0.25, 0.3) is 0 Å². The van der Waals surface area contributed by atoms with Gasteiger partial charge in [0.15, 0.2) is 0 Å². The molecule has 0 rings (SSSR count). The van der Waals surface area contributed by atoms with Gasteiger partial charge in [0.1, 0.15) is 0 Å². The van der Waals surface area contributed by atoms with E-state index in [0.29, 0.717) is 0 Å². The minimum atomic E-state index is -4.94. The molecule has 0 saturated carbocycles. The predicted octanol–water partition coefficient (Wildman–Crippen LogP) is -45.8. The molecule has 0 aliphatic rings. The molecular formula is Cl9KO36WZr. The van der Waals surface area contributed by atoms with Gasteiger partial charge in [0.25, 0.3) is 0 Å². The second kappa shape index (κ2) is 38.3. The Morgan fingerprint density at radius 3 is 0.146 bits per heavy atom. The summed E-state index contributed by atoms with van der Waals surface area (Å²) in [7, 11) is -44.5. The van der Waals surface area contributed by atoms with Gasteiger partial charge in [-0.1, -0.05) is 0 Å². The molecule has 0 aromatic rings. The molecule has 0 aromatic heterocycles. The van der Waals surface area contributed by atoms with Crippen LogP contribution in [0.3, 0.4) is 0 Å². The van der Waals surface area contributed by atoms with Crippen LogP contribution in [0, 0.1) is 92.2 Å². The van der Waals surface area contributed by atoms with Crippen LogP contribution in [-0.4, -0.2) is 0 Å². The standard InChI is InChI=1S/9ClHO4.K.W.Zr/c9*2-1(3,4)5;;;/h9*(H,2,3,4,5);;;/q;;;;;;;;;+1;2*+4/p-9. The Kier molecular flexibility index (Phi) is 67.6. The molecule has 0 aromatic carbocycles. The van der Waals surface area contributed by atoms with Crippen LogP contribution >= 0.6 is 0 Å². The third-order valence-corrected chi connectivity index (χ3v) is 0. The van der Waals surface area contributed by atoms with Gasteiger partial charge in [-0.15, -0.1) is 92.2 Å². The zero-order chi connectivity index (χ0) is 40.5. The van der Waals surface area contributed by atoms with Gasteiger partial charge in [0.05, 0.1) is 0 Å². The molecule has 0 bridgehead atoms. The molecule has 0 fully saturated rings. The second-order valence-corrected chi connectivity index (χ2v) is 10.2. The Labute approximate surface area is 354 Å². The fraction of sp³-hybridized carbons (Fsp3) is 0. The van der Waals surface area contributed by atoms with Crippen LogP contribution in [-0.2, 0) is 47.3 Å². The first-order chi connectivity index (χ1) is 18.0. The molecule has 0 aliphatic heterocycles. The first kappa shape index (κ1) is 84.8. The molecule has 0 atom stereocenters. The normalized spacial score (nSPS) is 11.2. The smallest absolute Gasteiger partial charge is 0.222 e. The van der Waals surface area contributed by atoms with E-state index in [-0.39, 0.29) is 98.7 Å². The van der Waals surface area contributed by atoms with Crippen molar-refractivity contribution in [3.8, 4) is 0 Å². The quantitative estimate of drug-likeness (QED) is 0.203. The summed E-state index contributed by atoms with van der Waals surface area (Å²) >= 11 is 0. The third kappa shape index (κ3) is 6410. The Balaban J connectivity index is -0.0000000301. The maximum absolute atomic E-state index is 8.49. The van der Waals surface area contributed by atoms with Crippen LogP contribution in [0.15, 0.2) is 0 Å². The summed E-state index contributed by atoms with van der Waals surface area (Å²) in [6.07, 6.45) is 0. The van der Waals surface area contributed by atoms with Crippen LogP contribution < -0.4 is 219 Å². The number of hydrogen-bond acceptors (Lipinski definition) is 36. The SMILES string of the molecule is [K+].[O-][Cl+3]([O-])([O-])[O-].[O-][Cl+3]([O-])([O-])[O-].[O-][Cl+3]([O-])([O-])[O-].[O-][Cl+3]([O-])([O-])[O-].[O-][Cl+3]([O-])([O-])[O-].[O-][Cl+3]([O-])([O-])[O-].[O-][Cl+3]([O-])([O-])[O-].[O-][Cl+3]([O-])([O-])[O-].[O-][Cl+3]([O-])([O-])[O-].[W+4].[Zr+4]. The van der Waals surface area contributed by atoms with E-state index >= 15 is 0 Å². The van der Waals surface area contributed by atoms with Gasteiger partial charge in [0, 0.05) is 0 Å². The van der Waals surface area contributed by atoms with E-state index in [2.05, 4.69) is 0 Å². The molecule has 290 valence electrons. The minimum absolute atomic E-state index is 0. The molecule has 48 heavy (non-hydrogen) atoms. The molecule has 0 aliphatic carbocycles. The van der Waals surface area contributed by atoms with Gasteiger partial charge in [-0.3, -0.25) is 0 Å². The van der Waals surface area contributed by atoms with Gasteiger partial charge in [-0.05, 0) is 0 Å². The predicted molar refractivity (Wildman–Crippen MR) is 0 cm³/mol. The Hall–Kier alpha value is 4.38. The van der Waals surface area contributed by atoms with E-state index in [4.69, 9.17) is 168 Å². The maximum Gasteiger partial charge on any atom is 4.00 e. The van der Waals surface area contributed by atoms with Crippen molar-refractivity contribution in [2.75, 3.05) is 0 Å². The van der Waals surface area contributed by atoms with E-state index in [1.807, 2.05) is 0 Å². The molecule has 48 heteroatoms. The van der Waals surface area contributed by atoms with E-state index < -0.39 is 92.2 Å². The van der Waals surface area contributed by atoms with Gasteiger partial charge in [-0.25, -0.2) is 168 Å². The van der Waals surface area contributed by atoms with Crippen molar-refractivity contribution in [2.24, 2.45) is 0 Å². The molecule has 0 spiro atoms. The van der Waals surface area contributed by atoms with E-state index in [9.17, 15) is 0 Å². The molecule has 0 heterocycles. The molecule has 0 saturated heterocycles. The van der Waals surface area contributed by atoms with Crippen LogP contribution in [0.4, 0.5) is 0 Å². The van der Waals surface area contributed by atoms with Crippen molar-refractivity contribution in [3.05, 3.63) is 0 Å². The Morgan fingerprint density at radius 2 is 0.146 bits per heavy atom. The van der Waals surface area contributed by atoms with E-state index in [1.54, 1.807) is 0 Å². The summed E-state index contributed by atoms with van der Waals surface area (Å²) in [5.74, 6) is 0. The average molecular weight is 1210 g/mol. The molecule has 0 unspecified atom stereocenters.